The largest absolute Gasteiger partial charge is 0.292 e. The molecular formula is C46H76N4OS2. The fourth-order valence-corrected chi connectivity index (χ4v) is 19.6. The van der Waals surface area contributed by atoms with Crippen LogP contribution in [0.3, 0.4) is 0 Å². The highest BCUT2D eigenvalue weighted by molar-refractivity contribution is 8.00. The van der Waals surface area contributed by atoms with E-state index in [1.807, 2.05) is 0 Å². The zero-order chi connectivity index (χ0) is 34.9. The molecule has 2 N–H and O–H groups in total. The Morgan fingerprint density at radius 1 is 0.377 bits per heavy atom. The highest BCUT2D eigenvalue weighted by Gasteiger charge is 2.55. The van der Waals surface area contributed by atoms with E-state index in [9.17, 15) is 0 Å². The average molecular weight is 765 g/mol. The van der Waals surface area contributed by atoms with Gasteiger partial charge < -0.3 is 0 Å². The van der Waals surface area contributed by atoms with Crippen LogP contribution in [-0.2, 0) is 4.84 Å². The molecule has 0 spiro atoms. The molecule has 8 aliphatic carbocycles. The topological polar surface area (TPSA) is 39.8 Å². The molecule has 11 fully saturated rings. The predicted octanol–water partition coefficient (Wildman–Crippen LogP) is 10.3. The van der Waals surface area contributed by atoms with E-state index >= 15 is 0 Å². The van der Waals surface area contributed by atoms with Crippen LogP contribution in [0.25, 0.3) is 0 Å². The van der Waals surface area contributed by atoms with E-state index in [2.05, 4.69) is 44.1 Å². The molecule has 3 aliphatic heterocycles. The molecule has 0 amide bonds. The molecule has 298 valence electrons. The summed E-state index contributed by atoms with van der Waals surface area (Å²) in [6, 6.07) is 5.40. The van der Waals surface area contributed by atoms with Crippen LogP contribution in [0.4, 0.5) is 0 Å². The summed E-state index contributed by atoms with van der Waals surface area (Å²) >= 11 is 4.94. The summed E-state index contributed by atoms with van der Waals surface area (Å²) in [6.45, 7) is 0. The Kier molecular flexibility index (Phi) is 11.0. The van der Waals surface area contributed by atoms with Gasteiger partial charge in [0, 0.05) is 63.2 Å². The van der Waals surface area contributed by atoms with Gasteiger partial charge in [-0.25, -0.2) is 0 Å². The fraction of sp³-hybridized carbons (Fsp3) is 1.00. The summed E-state index contributed by atoms with van der Waals surface area (Å²) in [5.41, 5.74) is 3.68. The molecule has 12 atom stereocenters. The molecule has 12 unspecified atom stereocenters. The van der Waals surface area contributed by atoms with Crippen molar-refractivity contribution in [2.45, 2.75) is 249 Å². The molecule has 53 heavy (non-hydrogen) atoms. The van der Waals surface area contributed by atoms with Crippen molar-refractivity contribution in [2.24, 2.45) is 35.5 Å². The second kappa shape index (κ2) is 15.9. The molecule has 7 heteroatoms. The van der Waals surface area contributed by atoms with E-state index in [1.54, 1.807) is 6.42 Å². The Bertz CT molecular complexity index is 1120. The van der Waals surface area contributed by atoms with Crippen LogP contribution in [0.2, 0.25) is 0 Å². The molecule has 3 saturated heterocycles. The van der Waals surface area contributed by atoms with E-state index in [0.717, 1.165) is 86.8 Å². The molecule has 5 nitrogen and oxygen atoms in total. The van der Waals surface area contributed by atoms with Gasteiger partial charge in [-0.2, -0.15) is 29.0 Å². The standard InChI is InChI=1S/C46H76N4OS2/c1-2-12-29(13-3-1)46-47-45(48-51-46)34-23-30(32-25-35(26-32)49-37-14-4-8-18-41(37)52-42-19-9-5-15-38(42)49)22-31(24-34)33-27-36(28-33)50-39-16-6-10-20-43(39)53-44-21-11-7-17-40(44)50/h29-48H,1-28H2. The number of fused-ring (bicyclic) bond motifs is 4. The lowest BCUT2D eigenvalue weighted by Gasteiger charge is -2.61. The van der Waals surface area contributed by atoms with Crippen molar-refractivity contribution < 1.29 is 4.84 Å². The zero-order valence-electron chi connectivity index (χ0n) is 33.3. The van der Waals surface area contributed by atoms with Gasteiger partial charge >= 0.3 is 0 Å². The van der Waals surface area contributed by atoms with Crippen LogP contribution in [0, 0.1) is 35.5 Å². The molecule has 11 rings (SSSR count). The van der Waals surface area contributed by atoms with E-state index < -0.39 is 0 Å². The SMILES string of the molecule is C1CCC(C2NC(C3CC(C4CC(N5C6CCCCC6SC6CCCCC65)C4)CC(C4CC(N5C6CCCCC6SC6CCCCC65)C4)C3)NO2)CC1. The van der Waals surface area contributed by atoms with Gasteiger partial charge in [0.25, 0.3) is 0 Å². The monoisotopic (exact) mass is 765 g/mol. The molecule has 0 bridgehead atoms. The normalized spacial score (nSPS) is 52.6. The quantitative estimate of drug-likeness (QED) is 0.279. The van der Waals surface area contributed by atoms with Crippen molar-refractivity contribution in [3.05, 3.63) is 0 Å². The lowest BCUT2D eigenvalue weighted by Crippen LogP contribution is -2.65. The van der Waals surface area contributed by atoms with Crippen LogP contribution >= 0.6 is 23.5 Å². The van der Waals surface area contributed by atoms with Gasteiger partial charge in [0.1, 0.15) is 6.23 Å². The fourth-order valence-electron chi connectivity index (χ4n) is 15.6. The van der Waals surface area contributed by atoms with Gasteiger partial charge in [-0.1, -0.05) is 70.6 Å². The van der Waals surface area contributed by atoms with Gasteiger partial charge in [0.05, 0.1) is 6.17 Å². The van der Waals surface area contributed by atoms with Gasteiger partial charge in [-0.15, -0.1) is 0 Å². The first-order valence-corrected chi connectivity index (χ1v) is 26.1. The van der Waals surface area contributed by atoms with E-state index in [1.165, 1.54) is 173 Å². The predicted molar refractivity (Wildman–Crippen MR) is 222 cm³/mol. The van der Waals surface area contributed by atoms with Crippen LogP contribution in [-0.4, -0.2) is 79.4 Å². The Balaban J connectivity index is 0.788. The van der Waals surface area contributed by atoms with Gasteiger partial charge in [0.15, 0.2) is 0 Å². The van der Waals surface area contributed by atoms with E-state index in [-0.39, 0.29) is 6.23 Å². The molecule has 8 saturated carbocycles. The minimum absolute atomic E-state index is 0.244. The van der Waals surface area contributed by atoms with Crippen molar-refractivity contribution in [2.75, 3.05) is 0 Å². The van der Waals surface area contributed by atoms with Crippen molar-refractivity contribution in [1.29, 1.82) is 0 Å². The Hall–Kier alpha value is 0.500. The van der Waals surface area contributed by atoms with Crippen LogP contribution in [0.5, 0.6) is 0 Å². The van der Waals surface area contributed by atoms with Crippen LogP contribution in [0.15, 0.2) is 0 Å². The molecule has 0 aromatic heterocycles. The average Bonchev–Trinajstić information content (AvgIpc) is 3.67. The summed E-state index contributed by atoms with van der Waals surface area (Å²) in [4.78, 5) is 13.0. The summed E-state index contributed by atoms with van der Waals surface area (Å²) in [7, 11) is 0. The molecule has 3 heterocycles. The Morgan fingerprint density at radius 3 is 1.21 bits per heavy atom. The Morgan fingerprint density at radius 2 is 0.755 bits per heavy atom. The van der Waals surface area contributed by atoms with Crippen molar-refractivity contribution >= 4 is 23.5 Å². The first-order chi connectivity index (χ1) is 26.2. The third-order valence-electron chi connectivity index (χ3n) is 18.4. The zero-order valence-corrected chi connectivity index (χ0v) is 34.9. The highest BCUT2D eigenvalue weighted by atomic mass is 32.2. The van der Waals surface area contributed by atoms with Gasteiger partial charge in [-0.3, -0.25) is 20.0 Å². The number of hydroxylamine groups is 1. The first-order valence-electron chi connectivity index (χ1n) is 24.3. The maximum atomic E-state index is 6.45. The Labute approximate surface area is 332 Å². The number of hydrogen-bond donors (Lipinski definition) is 2. The van der Waals surface area contributed by atoms with Crippen LogP contribution in [0.1, 0.15) is 180 Å². The first kappa shape index (κ1) is 36.6. The molecule has 0 aromatic rings. The van der Waals surface area contributed by atoms with Crippen LogP contribution < -0.4 is 10.8 Å². The molecular weight excluding hydrogens is 689 g/mol. The summed E-state index contributed by atoms with van der Waals surface area (Å²) in [5, 5.41) is 7.89. The van der Waals surface area contributed by atoms with Gasteiger partial charge in [0.2, 0.25) is 0 Å². The smallest absolute Gasteiger partial charge is 0.133 e. The molecule has 0 aromatic carbocycles. The summed E-state index contributed by atoms with van der Waals surface area (Å²) in [5.74, 6) is 5.27. The number of nitrogens with one attached hydrogen (secondary N) is 2. The maximum Gasteiger partial charge on any atom is 0.133 e. The molecule has 11 aliphatic rings. The molecule has 0 radical (unpaired) electrons. The van der Waals surface area contributed by atoms with Crippen molar-refractivity contribution in [3.8, 4) is 0 Å². The van der Waals surface area contributed by atoms with E-state index in [4.69, 9.17) is 4.84 Å². The summed E-state index contributed by atoms with van der Waals surface area (Å²) in [6.07, 6.45) is 42.0. The lowest BCUT2D eigenvalue weighted by molar-refractivity contribution is -0.0694. The lowest BCUT2D eigenvalue weighted by atomic mass is 9.57. The third-order valence-corrected chi connectivity index (χ3v) is 22.0. The van der Waals surface area contributed by atoms with Crippen molar-refractivity contribution in [1.82, 2.24) is 20.6 Å². The van der Waals surface area contributed by atoms with Crippen molar-refractivity contribution in [3.63, 3.8) is 0 Å². The second-order valence-corrected chi connectivity index (χ2v) is 24.2. The number of nitrogens with zero attached hydrogens (tertiary/aromatic N) is 2. The minimum Gasteiger partial charge on any atom is -0.292 e. The number of rotatable bonds is 6. The van der Waals surface area contributed by atoms with Gasteiger partial charge in [-0.05, 0) is 139 Å². The minimum atomic E-state index is 0.244. The maximum absolute atomic E-state index is 6.45. The van der Waals surface area contributed by atoms with E-state index in [0.29, 0.717) is 12.1 Å². The third kappa shape index (κ3) is 7.08. The second-order valence-electron chi connectivity index (χ2n) is 21.2. The summed E-state index contributed by atoms with van der Waals surface area (Å²) < 4.78 is 0. The highest BCUT2D eigenvalue weighted by Crippen LogP contribution is 2.57. The number of hydrogen-bond acceptors (Lipinski definition) is 7. The number of thioether (sulfide) groups is 2.